The van der Waals surface area contributed by atoms with Gasteiger partial charge < -0.3 is 5.11 Å². The fourth-order valence-corrected chi connectivity index (χ4v) is 8.98. The first-order valence-corrected chi connectivity index (χ1v) is 13.5. The topological polar surface area (TPSA) is 20.2 Å². The number of hydrogen-bond acceptors (Lipinski definition) is 1. The molecule has 0 spiro atoms. The third-order valence-electron chi connectivity index (χ3n) is 11.6. The third kappa shape index (κ3) is 3.54. The van der Waals surface area contributed by atoms with Crippen LogP contribution < -0.4 is 0 Å². The predicted octanol–water partition coefficient (Wildman–Crippen LogP) is 7.88. The maximum absolute atomic E-state index is 10.5. The Morgan fingerprint density at radius 3 is 2.30 bits per heavy atom. The van der Waals surface area contributed by atoms with Crippen molar-refractivity contribution >= 4 is 0 Å². The highest BCUT2D eigenvalue weighted by Crippen LogP contribution is 2.67. The van der Waals surface area contributed by atoms with Gasteiger partial charge in [-0.1, -0.05) is 73.0 Å². The van der Waals surface area contributed by atoms with Gasteiger partial charge in [0.05, 0.1) is 6.10 Å². The van der Waals surface area contributed by atoms with Crippen LogP contribution in [0.15, 0.2) is 11.6 Å². The van der Waals surface area contributed by atoms with Gasteiger partial charge in [-0.2, -0.15) is 0 Å². The van der Waals surface area contributed by atoms with E-state index in [1.54, 1.807) is 0 Å². The summed E-state index contributed by atoms with van der Waals surface area (Å²) in [4.78, 5) is 0. The first-order valence-electron chi connectivity index (χ1n) is 13.5. The smallest absolute Gasteiger partial charge is 0.0568 e. The Bertz CT molecular complexity index is 649. The van der Waals surface area contributed by atoms with Crippen molar-refractivity contribution in [1.82, 2.24) is 0 Å². The highest BCUT2D eigenvalue weighted by molar-refractivity contribution is 5.28. The monoisotopic (exact) mass is 414 g/mol. The van der Waals surface area contributed by atoms with E-state index in [0.717, 1.165) is 41.9 Å². The minimum absolute atomic E-state index is 0.0724. The molecule has 4 aliphatic carbocycles. The van der Waals surface area contributed by atoms with E-state index in [2.05, 4.69) is 54.5 Å². The summed E-state index contributed by atoms with van der Waals surface area (Å²) in [5.74, 6) is 6.25. The molecular formula is C29H50O. The minimum atomic E-state index is -0.0724. The molecular weight excluding hydrogens is 364 g/mol. The number of hydrogen-bond donors (Lipinski definition) is 1. The zero-order chi connectivity index (χ0) is 21.8. The van der Waals surface area contributed by atoms with E-state index >= 15 is 0 Å². The molecule has 0 heterocycles. The van der Waals surface area contributed by atoms with Gasteiger partial charge in [0.2, 0.25) is 0 Å². The first-order chi connectivity index (χ1) is 14.1. The molecule has 0 aromatic heterocycles. The summed E-state index contributed by atoms with van der Waals surface area (Å²) in [6.07, 6.45) is 14.7. The lowest BCUT2D eigenvalue weighted by atomic mass is 9.46. The molecule has 10 atom stereocenters. The van der Waals surface area contributed by atoms with Gasteiger partial charge in [0.15, 0.2) is 0 Å². The molecule has 0 saturated heterocycles. The molecule has 30 heavy (non-hydrogen) atoms. The van der Waals surface area contributed by atoms with Crippen molar-refractivity contribution in [2.75, 3.05) is 0 Å². The highest BCUT2D eigenvalue weighted by atomic mass is 16.3. The van der Waals surface area contributed by atoms with Crippen molar-refractivity contribution in [3.63, 3.8) is 0 Å². The van der Waals surface area contributed by atoms with Crippen LogP contribution in [0, 0.1) is 58.2 Å². The molecule has 0 amide bonds. The molecule has 3 unspecified atom stereocenters. The summed E-state index contributed by atoms with van der Waals surface area (Å²) >= 11 is 0. The van der Waals surface area contributed by atoms with Crippen molar-refractivity contribution in [2.24, 2.45) is 58.2 Å². The van der Waals surface area contributed by atoms with Gasteiger partial charge in [-0.3, -0.25) is 0 Å². The van der Waals surface area contributed by atoms with Gasteiger partial charge in [0.1, 0.15) is 0 Å². The molecule has 0 bridgehead atoms. The van der Waals surface area contributed by atoms with Crippen molar-refractivity contribution < 1.29 is 5.11 Å². The Kier molecular flexibility index (Phi) is 6.28. The molecule has 0 aromatic rings. The lowest BCUT2D eigenvalue weighted by Gasteiger charge is -2.59. The van der Waals surface area contributed by atoms with Crippen LogP contribution >= 0.6 is 0 Å². The van der Waals surface area contributed by atoms with Crippen molar-refractivity contribution in [3.05, 3.63) is 11.6 Å². The summed E-state index contributed by atoms with van der Waals surface area (Å²) in [6.45, 7) is 17.4. The molecule has 4 rings (SSSR count). The Balaban J connectivity index is 1.51. The Hall–Kier alpha value is -0.300. The van der Waals surface area contributed by atoms with E-state index in [4.69, 9.17) is 0 Å². The second-order valence-electron chi connectivity index (χ2n) is 13.1. The van der Waals surface area contributed by atoms with Crippen LogP contribution in [0.4, 0.5) is 0 Å². The Morgan fingerprint density at radius 2 is 1.60 bits per heavy atom. The predicted molar refractivity (Wildman–Crippen MR) is 128 cm³/mol. The van der Waals surface area contributed by atoms with E-state index in [-0.39, 0.29) is 6.10 Å². The molecule has 4 aliphatic rings. The Morgan fingerprint density at radius 1 is 0.933 bits per heavy atom. The summed E-state index contributed by atoms with van der Waals surface area (Å²) in [5.41, 5.74) is 2.84. The van der Waals surface area contributed by atoms with E-state index in [0.29, 0.717) is 22.7 Å². The van der Waals surface area contributed by atoms with E-state index in [9.17, 15) is 5.11 Å². The van der Waals surface area contributed by atoms with Gasteiger partial charge in [0, 0.05) is 0 Å². The molecule has 1 N–H and O–H groups in total. The van der Waals surface area contributed by atoms with Gasteiger partial charge in [-0.25, -0.2) is 0 Å². The quantitative estimate of drug-likeness (QED) is 0.454. The summed E-state index contributed by atoms with van der Waals surface area (Å²) in [7, 11) is 0. The standard InChI is InChI=1S/C29H50O/c1-18(2)19(3)8-9-20(4)23-12-13-25-22-10-11-24-21(5)27(30)15-17-29(24,7)26(22)14-16-28(23,25)6/h10,18-21,23-27,30H,8-9,11-17H2,1-7H3/t19-,20+,21?,23+,24?,25-,26-,27?,28+,29-/m0/s1. The lowest BCUT2D eigenvalue weighted by molar-refractivity contribution is -0.0774. The SMILES string of the molecule is CC1C(O)CC[C@@]2(C)C1CC=C1[C@@H]3CC[C@H]([C@H](C)CC[C@H](C)C(C)C)[C@@]3(C)CC[C@@H]12. The van der Waals surface area contributed by atoms with Crippen molar-refractivity contribution in [1.29, 1.82) is 0 Å². The van der Waals surface area contributed by atoms with Crippen LogP contribution in [0.25, 0.3) is 0 Å². The van der Waals surface area contributed by atoms with Crippen molar-refractivity contribution in [2.45, 2.75) is 112 Å². The number of allylic oxidation sites excluding steroid dienone is 2. The van der Waals surface area contributed by atoms with Crippen LogP contribution in [0.3, 0.4) is 0 Å². The van der Waals surface area contributed by atoms with E-state index in [1.807, 2.05) is 5.57 Å². The lowest BCUT2D eigenvalue weighted by Crippen LogP contribution is -2.52. The second-order valence-corrected chi connectivity index (χ2v) is 13.1. The first kappa shape index (κ1) is 22.9. The number of aliphatic hydroxyl groups excluding tert-OH is 1. The van der Waals surface area contributed by atoms with Crippen LogP contribution in [0.5, 0.6) is 0 Å². The maximum atomic E-state index is 10.5. The fraction of sp³-hybridized carbons (Fsp3) is 0.931. The highest BCUT2D eigenvalue weighted by Gasteiger charge is 2.59. The number of rotatable bonds is 5. The largest absolute Gasteiger partial charge is 0.393 e. The normalized spacial score (nSPS) is 47.8. The molecule has 1 nitrogen and oxygen atoms in total. The summed E-state index contributed by atoms with van der Waals surface area (Å²) < 4.78 is 0. The van der Waals surface area contributed by atoms with Crippen LogP contribution in [-0.2, 0) is 0 Å². The minimum Gasteiger partial charge on any atom is -0.393 e. The van der Waals surface area contributed by atoms with Crippen LogP contribution in [0.1, 0.15) is 106 Å². The van der Waals surface area contributed by atoms with Crippen molar-refractivity contribution in [3.8, 4) is 0 Å². The van der Waals surface area contributed by atoms with Gasteiger partial charge >= 0.3 is 0 Å². The van der Waals surface area contributed by atoms with Crippen LogP contribution in [-0.4, -0.2) is 11.2 Å². The van der Waals surface area contributed by atoms with Gasteiger partial charge in [-0.05, 0) is 103 Å². The number of aliphatic hydroxyl groups is 1. The maximum Gasteiger partial charge on any atom is 0.0568 e. The van der Waals surface area contributed by atoms with E-state index < -0.39 is 0 Å². The summed E-state index contributed by atoms with van der Waals surface area (Å²) in [5, 5.41) is 10.5. The second kappa shape index (κ2) is 8.24. The van der Waals surface area contributed by atoms with E-state index in [1.165, 1.54) is 51.4 Å². The number of fused-ring (bicyclic) bond motifs is 5. The molecule has 0 aromatic carbocycles. The molecule has 1 heteroatoms. The zero-order valence-corrected chi connectivity index (χ0v) is 21.1. The third-order valence-corrected chi connectivity index (χ3v) is 11.6. The molecule has 3 saturated carbocycles. The average Bonchev–Trinajstić information content (AvgIpc) is 3.06. The molecule has 172 valence electrons. The summed E-state index contributed by atoms with van der Waals surface area (Å²) in [6, 6.07) is 0. The molecule has 3 fully saturated rings. The Labute approximate surface area is 187 Å². The molecule has 0 aliphatic heterocycles. The van der Waals surface area contributed by atoms with Crippen LogP contribution in [0.2, 0.25) is 0 Å². The average molecular weight is 415 g/mol. The van der Waals surface area contributed by atoms with Gasteiger partial charge in [0.25, 0.3) is 0 Å². The molecule has 0 radical (unpaired) electrons. The fourth-order valence-electron chi connectivity index (χ4n) is 8.98. The van der Waals surface area contributed by atoms with Gasteiger partial charge in [-0.15, -0.1) is 0 Å². The zero-order valence-electron chi connectivity index (χ0n) is 21.1.